The molecule has 0 saturated carbocycles. The first-order valence-corrected chi connectivity index (χ1v) is 7.42. The number of aliphatic hydroxyl groups is 1. The summed E-state index contributed by atoms with van der Waals surface area (Å²) in [4.78, 5) is 4.92. The van der Waals surface area contributed by atoms with Crippen molar-refractivity contribution in [2.24, 2.45) is 5.41 Å². The van der Waals surface area contributed by atoms with Crippen molar-refractivity contribution in [3.63, 3.8) is 0 Å². The molecule has 0 unspecified atom stereocenters. The molecule has 1 N–H and O–H groups in total. The molecule has 0 aromatic rings. The molecule has 0 radical (unpaired) electrons. The lowest BCUT2D eigenvalue weighted by Gasteiger charge is -2.43. The van der Waals surface area contributed by atoms with Crippen LogP contribution in [0.4, 0.5) is 0 Å². The molecular formula is C15H30N2O2. The van der Waals surface area contributed by atoms with Crippen LogP contribution >= 0.6 is 0 Å². The second-order valence-corrected chi connectivity index (χ2v) is 7.71. The van der Waals surface area contributed by atoms with Gasteiger partial charge in [0.1, 0.15) is 0 Å². The fraction of sp³-hybridized carbons (Fsp3) is 1.00. The van der Waals surface area contributed by atoms with Crippen molar-refractivity contribution in [3.8, 4) is 0 Å². The Balaban J connectivity index is 1.97. The van der Waals surface area contributed by atoms with Crippen LogP contribution < -0.4 is 0 Å². The molecule has 0 spiro atoms. The first kappa shape index (κ1) is 15.2. The van der Waals surface area contributed by atoms with E-state index < -0.39 is 5.60 Å². The number of β-amino-alcohol motifs (C(OH)–C–C–N with tert-alkyl or cyclic N) is 1. The quantitative estimate of drug-likeness (QED) is 0.836. The summed E-state index contributed by atoms with van der Waals surface area (Å²) >= 11 is 0. The third kappa shape index (κ3) is 3.13. The molecule has 4 heteroatoms. The van der Waals surface area contributed by atoms with E-state index in [0.29, 0.717) is 0 Å². The van der Waals surface area contributed by atoms with E-state index in [1.54, 1.807) is 0 Å². The highest BCUT2D eigenvalue weighted by Gasteiger charge is 2.48. The van der Waals surface area contributed by atoms with Crippen molar-refractivity contribution < 1.29 is 9.84 Å². The summed E-state index contributed by atoms with van der Waals surface area (Å²) in [6, 6.07) is 0. The fourth-order valence-corrected chi connectivity index (χ4v) is 3.36. The molecule has 0 aliphatic carbocycles. The van der Waals surface area contributed by atoms with E-state index >= 15 is 0 Å². The lowest BCUT2D eigenvalue weighted by molar-refractivity contribution is -0.0246. The number of hydrogen-bond donors (Lipinski definition) is 1. The van der Waals surface area contributed by atoms with Crippen LogP contribution in [0.25, 0.3) is 0 Å². The van der Waals surface area contributed by atoms with Crippen LogP contribution in [-0.2, 0) is 4.74 Å². The second kappa shape index (κ2) is 4.99. The van der Waals surface area contributed by atoms with Gasteiger partial charge in [0.25, 0.3) is 0 Å². The molecule has 2 saturated heterocycles. The summed E-state index contributed by atoms with van der Waals surface area (Å²) in [7, 11) is 0. The lowest BCUT2D eigenvalue weighted by Crippen LogP contribution is -2.55. The van der Waals surface area contributed by atoms with Crippen LogP contribution in [0.15, 0.2) is 0 Å². The van der Waals surface area contributed by atoms with E-state index in [0.717, 1.165) is 45.9 Å². The molecule has 0 bridgehead atoms. The zero-order valence-corrected chi connectivity index (χ0v) is 13.2. The van der Waals surface area contributed by atoms with Gasteiger partial charge >= 0.3 is 0 Å². The Hall–Kier alpha value is -0.160. The minimum absolute atomic E-state index is 0.0336. The Kier molecular flexibility index (Phi) is 4.00. The Labute approximate surface area is 117 Å². The van der Waals surface area contributed by atoms with Crippen molar-refractivity contribution in [1.29, 1.82) is 0 Å². The Morgan fingerprint density at radius 2 is 1.68 bits per heavy atom. The zero-order chi connectivity index (χ0) is 14.3. The normalized spacial score (nSPS) is 33.8. The van der Waals surface area contributed by atoms with Gasteiger partial charge in [-0.3, -0.25) is 9.80 Å². The summed E-state index contributed by atoms with van der Waals surface area (Å²) in [6.45, 7) is 17.4. The summed E-state index contributed by atoms with van der Waals surface area (Å²) in [5.41, 5.74) is -0.484. The number of nitrogens with zero attached hydrogens (tertiary/aromatic N) is 2. The van der Waals surface area contributed by atoms with Crippen LogP contribution in [0.3, 0.4) is 0 Å². The third-order valence-corrected chi connectivity index (χ3v) is 5.09. The van der Waals surface area contributed by atoms with Gasteiger partial charge < -0.3 is 9.84 Å². The molecule has 2 aliphatic rings. The van der Waals surface area contributed by atoms with Gasteiger partial charge in [-0.05, 0) is 20.8 Å². The standard InChI is InChI=1S/C15H30N2O2/c1-13(2)10-16(12-15(13,5)18)11-14(3,4)17-6-8-19-9-7-17/h18H,6-12H2,1-5H3/t15-/m0/s1. The number of morpholine rings is 1. The number of rotatable bonds is 3. The Bertz CT molecular complexity index is 304. The van der Waals surface area contributed by atoms with Gasteiger partial charge in [-0.2, -0.15) is 0 Å². The van der Waals surface area contributed by atoms with E-state index in [4.69, 9.17) is 4.74 Å². The molecule has 4 nitrogen and oxygen atoms in total. The smallest absolute Gasteiger partial charge is 0.0808 e. The van der Waals surface area contributed by atoms with Gasteiger partial charge in [0, 0.05) is 43.7 Å². The van der Waals surface area contributed by atoms with E-state index in [1.807, 2.05) is 6.92 Å². The van der Waals surface area contributed by atoms with Gasteiger partial charge in [-0.1, -0.05) is 13.8 Å². The predicted octanol–water partition coefficient (Wildman–Crippen LogP) is 1.19. The predicted molar refractivity (Wildman–Crippen MR) is 77.3 cm³/mol. The van der Waals surface area contributed by atoms with Gasteiger partial charge in [0.05, 0.1) is 18.8 Å². The average molecular weight is 270 g/mol. The van der Waals surface area contributed by atoms with E-state index in [1.165, 1.54) is 0 Å². The maximum Gasteiger partial charge on any atom is 0.0808 e. The van der Waals surface area contributed by atoms with Crippen molar-refractivity contribution in [2.75, 3.05) is 45.9 Å². The topological polar surface area (TPSA) is 35.9 Å². The SMILES string of the molecule is CC(C)(CN1CC(C)(C)[C@@](C)(O)C1)N1CCOCC1. The van der Waals surface area contributed by atoms with Crippen LogP contribution in [0.1, 0.15) is 34.6 Å². The first-order valence-electron chi connectivity index (χ1n) is 7.42. The molecule has 2 aliphatic heterocycles. The van der Waals surface area contributed by atoms with Crippen molar-refractivity contribution in [2.45, 2.75) is 45.8 Å². The van der Waals surface area contributed by atoms with Gasteiger partial charge in [0.2, 0.25) is 0 Å². The zero-order valence-electron chi connectivity index (χ0n) is 13.2. The molecule has 2 heterocycles. The molecule has 1 atom stereocenters. The Morgan fingerprint density at radius 3 is 2.16 bits per heavy atom. The van der Waals surface area contributed by atoms with Crippen molar-refractivity contribution >= 4 is 0 Å². The molecule has 2 fully saturated rings. The van der Waals surface area contributed by atoms with Gasteiger partial charge in [-0.15, -0.1) is 0 Å². The van der Waals surface area contributed by atoms with Crippen molar-refractivity contribution in [1.82, 2.24) is 9.80 Å². The van der Waals surface area contributed by atoms with E-state index in [-0.39, 0.29) is 11.0 Å². The highest BCUT2D eigenvalue weighted by atomic mass is 16.5. The van der Waals surface area contributed by atoms with Gasteiger partial charge in [0.15, 0.2) is 0 Å². The second-order valence-electron chi connectivity index (χ2n) is 7.71. The first-order chi connectivity index (χ1) is 8.64. The summed E-state index contributed by atoms with van der Waals surface area (Å²) < 4.78 is 5.44. The molecular weight excluding hydrogens is 240 g/mol. The minimum Gasteiger partial charge on any atom is -0.388 e. The number of hydrogen-bond acceptors (Lipinski definition) is 4. The van der Waals surface area contributed by atoms with Crippen LogP contribution in [0.2, 0.25) is 0 Å². The third-order valence-electron chi connectivity index (χ3n) is 5.09. The molecule has 112 valence electrons. The highest BCUT2D eigenvalue weighted by molar-refractivity contribution is 5.02. The molecule has 0 aromatic heterocycles. The van der Waals surface area contributed by atoms with Gasteiger partial charge in [-0.25, -0.2) is 0 Å². The fourth-order valence-electron chi connectivity index (χ4n) is 3.36. The highest BCUT2D eigenvalue weighted by Crippen LogP contribution is 2.39. The molecule has 2 rings (SSSR count). The maximum absolute atomic E-state index is 10.5. The van der Waals surface area contributed by atoms with Crippen LogP contribution in [0, 0.1) is 5.41 Å². The summed E-state index contributed by atoms with van der Waals surface area (Å²) in [5.74, 6) is 0. The average Bonchev–Trinajstić information content (AvgIpc) is 2.47. The lowest BCUT2D eigenvalue weighted by atomic mass is 9.79. The van der Waals surface area contributed by atoms with E-state index in [9.17, 15) is 5.11 Å². The number of ether oxygens (including phenoxy) is 1. The molecule has 0 aromatic carbocycles. The molecule has 0 amide bonds. The monoisotopic (exact) mass is 270 g/mol. The summed E-state index contributed by atoms with van der Waals surface area (Å²) in [5, 5.41) is 10.5. The van der Waals surface area contributed by atoms with E-state index in [2.05, 4.69) is 37.5 Å². The summed E-state index contributed by atoms with van der Waals surface area (Å²) in [6.07, 6.45) is 0. The van der Waals surface area contributed by atoms with Crippen LogP contribution in [-0.4, -0.2) is 72.0 Å². The van der Waals surface area contributed by atoms with Crippen molar-refractivity contribution in [3.05, 3.63) is 0 Å². The molecule has 19 heavy (non-hydrogen) atoms. The maximum atomic E-state index is 10.5. The minimum atomic E-state index is -0.589. The largest absolute Gasteiger partial charge is 0.388 e. The Morgan fingerprint density at radius 1 is 1.11 bits per heavy atom. The number of likely N-dealkylation sites (tertiary alicyclic amines) is 1. The van der Waals surface area contributed by atoms with Crippen LogP contribution in [0.5, 0.6) is 0 Å².